The molecule has 1 aromatic carbocycles. The van der Waals surface area contributed by atoms with Gasteiger partial charge in [-0.1, -0.05) is 17.7 Å². The Morgan fingerprint density at radius 1 is 1.19 bits per heavy atom. The number of likely N-dealkylation sites (tertiary alicyclic amines) is 1. The van der Waals surface area contributed by atoms with Gasteiger partial charge in [0.05, 0.1) is 6.54 Å². The second-order valence-electron chi connectivity index (χ2n) is 8.28. The molecule has 2 fully saturated rings. The first-order valence-electron chi connectivity index (χ1n) is 9.88. The second kappa shape index (κ2) is 7.20. The number of hydrogen-bond acceptors (Lipinski definition) is 4. The number of aryl methyl sites for hydroxylation is 1. The molecule has 5 nitrogen and oxygen atoms in total. The first-order chi connectivity index (χ1) is 12.5. The molecule has 0 aromatic heterocycles. The number of rotatable bonds is 1. The number of nitrogens with zero attached hydrogens (tertiary/aromatic N) is 2. The molecule has 1 amide bonds. The van der Waals surface area contributed by atoms with Crippen molar-refractivity contribution in [3.8, 4) is 5.75 Å². The third-order valence-corrected chi connectivity index (χ3v) is 6.16. The van der Waals surface area contributed by atoms with Gasteiger partial charge in [-0.15, -0.1) is 0 Å². The van der Waals surface area contributed by atoms with E-state index in [1.54, 1.807) is 0 Å². The van der Waals surface area contributed by atoms with E-state index >= 15 is 0 Å². The van der Waals surface area contributed by atoms with Gasteiger partial charge in [0.1, 0.15) is 11.4 Å². The summed E-state index contributed by atoms with van der Waals surface area (Å²) in [5.74, 6) is 1.34. The predicted molar refractivity (Wildman–Crippen MR) is 100 cm³/mol. The summed E-state index contributed by atoms with van der Waals surface area (Å²) in [4.78, 5) is 17.7. The van der Waals surface area contributed by atoms with Crippen molar-refractivity contribution in [2.45, 2.75) is 44.8 Å². The van der Waals surface area contributed by atoms with Crippen LogP contribution in [-0.2, 0) is 16.1 Å². The Balaban J connectivity index is 1.63. The van der Waals surface area contributed by atoms with Gasteiger partial charge in [-0.05, 0) is 32.9 Å². The number of fused-ring (bicyclic) bond motifs is 1. The zero-order valence-corrected chi connectivity index (χ0v) is 16.0. The molecule has 142 valence electrons. The van der Waals surface area contributed by atoms with Crippen LogP contribution in [0.15, 0.2) is 18.2 Å². The summed E-state index contributed by atoms with van der Waals surface area (Å²) < 4.78 is 12.1. The van der Waals surface area contributed by atoms with E-state index in [1.165, 1.54) is 5.56 Å². The van der Waals surface area contributed by atoms with Crippen LogP contribution in [0.1, 0.15) is 36.8 Å². The Morgan fingerprint density at radius 3 is 2.65 bits per heavy atom. The van der Waals surface area contributed by atoms with Crippen LogP contribution in [0.25, 0.3) is 0 Å². The zero-order chi connectivity index (χ0) is 18.1. The van der Waals surface area contributed by atoms with Crippen LogP contribution < -0.4 is 4.74 Å². The van der Waals surface area contributed by atoms with Crippen molar-refractivity contribution >= 4 is 5.91 Å². The smallest absolute Gasteiger partial charge is 0.226 e. The lowest BCUT2D eigenvalue weighted by Crippen LogP contribution is -2.54. The molecule has 0 aliphatic carbocycles. The summed E-state index contributed by atoms with van der Waals surface area (Å²) in [5.41, 5.74) is 2.10. The maximum atomic E-state index is 13.3. The van der Waals surface area contributed by atoms with Crippen LogP contribution in [0.5, 0.6) is 5.75 Å². The highest BCUT2D eigenvalue weighted by Crippen LogP contribution is 2.36. The molecule has 0 radical (unpaired) electrons. The molecule has 1 spiro atoms. The highest BCUT2D eigenvalue weighted by molar-refractivity contribution is 5.79. The van der Waals surface area contributed by atoms with Crippen LogP contribution >= 0.6 is 0 Å². The number of benzene rings is 1. The van der Waals surface area contributed by atoms with E-state index < -0.39 is 0 Å². The van der Waals surface area contributed by atoms with Crippen molar-refractivity contribution in [2.75, 3.05) is 39.9 Å². The Labute approximate surface area is 156 Å². The molecular weight excluding hydrogens is 328 g/mol. The van der Waals surface area contributed by atoms with E-state index in [0.29, 0.717) is 26.3 Å². The van der Waals surface area contributed by atoms with Crippen molar-refractivity contribution in [2.24, 2.45) is 5.92 Å². The molecule has 5 heteroatoms. The number of ether oxygens (including phenoxy) is 2. The van der Waals surface area contributed by atoms with Gasteiger partial charge in [-0.2, -0.15) is 0 Å². The quantitative estimate of drug-likeness (QED) is 0.774. The van der Waals surface area contributed by atoms with Crippen LogP contribution in [0, 0.1) is 12.8 Å². The maximum absolute atomic E-state index is 13.3. The van der Waals surface area contributed by atoms with E-state index in [-0.39, 0.29) is 17.4 Å². The fraction of sp³-hybridized carbons (Fsp3) is 0.667. The fourth-order valence-electron chi connectivity index (χ4n) is 4.45. The minimum absolute atomic E-state index is 0.0958. The van der Waals surface area contributed by atoms with Crippen molar-refractivity contribution < 1.29 is 14.3 Å². The number of carbonyl (C=O) groups excluding carboxylic acids is 1. The minimum Gasteiger partial charge on any atom is -0.485 e. The molecule has 2 saturated heterocycles. The van der Waals surface area contributed by atoms with Crippen LogP contribution in [0.3, 0.4) is 0 Å². The molecule has 26 heavy (non-hydrogen) atoms. The Morgan fingerprint density at radius 2 is 1.92 bits per heavy atom. The van der Waals surface area contributed by atoms with Gasteiger partial charge in [0.2, 0.25) is 5.91 Å². The molecule has 1 aromatic rings. The van der Waals surface area contributed by atoms with Crippen molar-refractivity contribution in [1.29, 1.82) is 0 Å². The van der Waals surface area contributed by atoms with Crippen LogP contribution in [0.2, 0.25) is 0 Å². The lowest BCUT2D eigenvalue weighted by atomic mass is 9.89. The molecule has 4 rings (SSSR count). The third-order valence-electron chi connectivity index (χ3n) is 6.16. The normalized spacial score (nSPS) is 24.0. The van der Waals surface area contributed by atoms with Gasteiger partial charge < -0.3 is 19.3 Å². The van der Waals surface area contributed by atoms with Crippen LogP contribution in [0.4, 0.5) is 0 Å². The van der Waals surface area contributed by atoms with Crippen molar-refractivity contribution in [1.82, 2.24) is 9.80 Å². The Kier molecular flexibility index (Phi) is 4.93. The number of hydrogen-bond donors (Lipinski definition) is 0. The topological polar surface area (TPSA) is 42.0 Å². The number of amides is 1. The van der Waals surface area contributed by atoms with E-state index in [2.05, 4.69) is 42.0 Å². The van der Waals surface area contributed by atoms with Gasteiger partial charge in [-0.25, -0.2) is 0 Å². The molecule has 3 heterocycles. The van der Waals surface area contributed by atoms with Crippen LogP contribution in [-0.4, -0.2) is 61.2 Å². The summed E-state index contributed by atoms with van der Waals surface area (Å²) in [6, 6.07) is 6.37. The minimum atomic E-state index is -0.256. The molecule has 0 saturated carbocycles. The first kappa shape index (κ1) is 17.8. The standard InChI is InChI=1S/C21H30N2O3/c1-16-3-4-19-18(13-16)14-23(20(24)17-5-11-25-12-6-17)15-21(26-19)7-9-22(2)10-8-21/h3-4,13,17H,5-12,14-15H2,1-2H3. The summed E-state index contributed by atoms with van der Waals surface area (Å²) in [6.07, 6.45) is 3.61. The molecule has 0 N–H and O–H groups in total. The van der Waals surface area contributed by atoms with Crippen molar-refractivity contribution in [3.63, 3.8) is 0 Å². The summed E-state index contributed by atoms with van der Waals surface area (Å²) >= 11 is 0. The summed E-state index contributed by atoms with van der Waals surface area (Å²) in [7, 11) is 2.16. The molecule has 3 aliphatic heterocycles. The Hall–Kier alpha value is -1.59. The van der Waals surface area contributed by atoms with Gasteiger partial charge >= 0.3 is 0 Å². The predicted octanol–water partition coefficient (Wildman–Crippen LogP) is 2.61. The van der Waals surface area contributed by atoms with Gasteiger partial charge in [0.25, 0.3) is 0 Å². The molecule has 0 unspecified atom stereocenters. The van der Waals surface area contributed by atoms with Gasteiger partial charge in [0.15, 0.2) is 0 Å². The first-order valence-corrected chi connectivity index (χ1v) is 9.88. The molecule has 0 atom stereocenters. The second-order valence-corrected chi connectivity index (χ2v) is 8.28. The highest BCUT2D eigenvalue weighted by atomic mass is 16.5. The average Bonchev–Trinajstić information content (AvgIpc) is 2.81. The largest absolute Gasteiger partial charge is 0.485 e. The summed E-state index contributed by atoms with van der Waals surface area (Å²) in [6.45, 7) is 6.89. The average molecular weight is 358 g/mol. The number of carbonyl (C=O) groups is 1. The van der Waals surface area contributed by atoms with E-state index in [9.17, 15) is 4.79 Å². The lowest BCUT2D eigenvalue weighted by Gasteiger charge is -2.42. The lowest BCUT2D eigenvalue weighted by molar-refractivity contribution is -0.142. The monoisotopic (exact) mass is 358 g/mol. The fourth-order valence-corrected chi connectivity index (χ4v) is 4.45. The van der Waals surface area contributed by atoms with E-state index in [4.69, 9.17) is 9.47 Å². The van der Waals surface area contributed by atoms with Gasteiger partial charge in [-0.3, -0.25) is 4.79 Å². The third kappa shape index (κ3) is 3.60. The molecule has 3 aliphatic rings. The van der Waals surface area contributed by atoms with E-state index in [0.717, 1.165) is 50.1 Å². The van der Waals surface area contributed by atoms with Crippen molar-refractivity contribution in [3.05, 3.63) is 29.3 Å². The zero-order valence-electron chi connectivity index (χ0n) is 16.0. The summed E-state index contributed by atoms with van der Waals surface area (Å²) in [5, 5.41) is 0. The van der Waals surface area contributed by atoms with Gasteiger partial charge in [0, 0.05) is 57.2 Å². The Bertz CT molecular complexity index is 661. The molecular formula is C21H30N2O3. The van der Waals surface area contributed by atoms with E-state index in [1.807, 2.05) is 0 Å². The SMILES string of the molecule is Cc1ccc2c(c1)CN(C(=O)C1CCOCC1)CC1(CCN(C)CC1)O2. The maximum Gasteiger partial charge on any atom is 0.226 e. The number of piperidine rings is 1. The highest BCUT2D eigenvalue weighted by Gasteiger charge is 2.42. The molecule has 0 bridgehead atoms.